The molecule has 4 heteroatoms. The van der Waals surface area contributed by atoms with Gasteiger partial charge in [-0.25, -0.2) is 0 Å². The van der Waals surface area contributed by atoms with Crippen LogP contribution in [-0.4, -0.2) is 30.5 Å². The molecule has 1 heterocycles. The topological polar surface area (TPSA) is 39.1 Å². The minimum absolute atomic E-state index is 0.379. The highest BCUT2D eigenvalue weighted by Gasteiger charge is 2.18. The Bertz CT molecular complexity index is 333. The van der Waals surface area contributed by atoms with E-state index in [0.717, 1.165) is 25.1 Å². The van der Waals surface area contributed by atoms with Gasteiger partial charge in [0.15, 0.2) is 0 Å². The molecule has 4 nitrogen and oxygen atoms in total. The SMILES string of the molecule is CNC(CCCOC)c1c(C)nn(C)c1C. The summed E-state index contributed by atoms with van der Waals surface area (Å²) in [5, 5.41) is 7.82. The molecule has 0 aliphatic carbocycles. The molecule has 0 saturated heterocycles. The molecule has 0 amide bonds. The Labute approximate surface area is 98.0 Å². The fourth-order valence-electron chi connectivity index (χ4n) is 2.16. The highest BCUT2D eigenvalue weighted by atomic mass is 16.5. The van der Waals surface area contributed by atoms with Crippen LogP contribution in [0.15, 0.2) is 0 Å². The third-order valence-corrected chi connectivity index (χ3v) is 3.10. The third-order valence-electron chi connectivity index (χ3n) is 3.10. The fraction of sp³-hybridized carbons (Fsp3) is 0.750. The monoisotopic (exact) mass is 225 g/mol. The molecule has 1 aromatic heterocycles. The average Bonchev–Trinajstić information content (AvgIpc) is 2.50. The average molecular weight is 225 g/mol. The lowest BCUT2D eigenvalue weighted by molar-refractivity contribution is 0.189. The van der Waals surface area contributed by atoms with Gasteiger partial charge in [-0.05, 0) is 33.7 Å². The molecule has 0 aliphatic heterocycles. The van der Waals surface area contributed by atoms with Crippen LogP contribution in [0, 0.1) is 13.8 Å². The zero-order valence-corrected chi connectivity index (χ0v) is 11.0. The van der Waals surface area contributed by atoms with Crippen molar-refractivity contribution in [1.82, 2.24) is 15.1 Å². The van der Waals surface area contributed by atoms with Crippen LogP contribution in [0.25, 0.3) is 0 Å². The molecule has 1 aromatic rings. The van der Waals surface area contributed by atoms with Crippen LogP contribution in [0.4, 0.5) is 0 Å². The molecule has 0 fully saturated rings. The summed E-state index contributed by atoms with van der Waals surface area (Å²) in [4.78, 5) is 0. The number of hydrogen-bond donors (Lipinski definition) is 1. The first-order chi connectivity index (χ1) is 7.61. The van der Waals surface area contributed by atoms with Crippen LogP contribution < -0.4 is 5.32 Å². The summed E-state index contributed by atoms with van der Waals surface area (Å²) < 4.78 is 7.04. The molecule has 92 valence electrons. The van der Waals surface area contributed by atoms with E-state index in [2.05, 4.69) is 24.3 Å². The van der Waals surface area contributed by atoms with E-state index >= 15 is 0 Å². The first-order valence-electron chi connectivity index (χ1n) is 5.78. The number of hydrogen-bond acceptors (Lipinski definition) is 3. The molecular weight excluding hydrogens is 202 g/mol. The summed E-state index contributed by atoms with van der Waals surface area (Å²) in [6.07, 6.45) is 2.15. The number of nitrogens with one attached hydrogen (secondary N) is 1. The lowest BCUT2D eigenvalue weighted by Gasteiger charge is -2.16. The van der Waals surface area contributed by atoms with E-state index in [0.29, 0.717) is 6.04 Å². The number of aromatic nitrogens is 2. The summed E-state index contributed by atoms with van der Waals surface area (Å²) in [5.74, 6) is 0. The maximum absolute atomic E-state index is 5.09. The number of rotatable bonds is 6. The Morgan fingerprint density at radius 3 is 2.56 bits per heavy atom. The molecule has 0 aromatic carbocycles. The molecule has 0 bridgehead atoms. The zero-order chi connectivity index (χ0) is 12.1. The molecule has 1 N–H and O–H groups in total. The van der Waals surface area contributed by atoms with Crippen molar-refractivity contribution < 1.29 is 4.74 Å². The Morgan fingerprint density at radius 2 is 2.12 bits per heavy atom. The first-order valence-corrected chi connectivity index (χ1v) is 5.78. The third kappa shape index (κ3) is 2.83. The van der Waals surface area contributed by atoms with Crippen molar-refractivity contribution in [2.24, 2.45) is 7.05 Å². The van der Waals surface area contributed by atoms with Crippen LogP contribution in [0.3, 0.4) is 0 Å². The molecule has 0 saturated carbocycles. The summed E-state index contributed by atoms with van der Waals surface area (Å²) in [6.45, 7) is 5.01. The van der Waals surface area contributed by atoms with Crippen LogP contribution in [0.2, 0.25) is 0 Å². The zero-order valence-electron chi connectivity index (χ0n) is 11.0. The normalized spacial score (nSPS) is 13.1. The number of ether oxygens (including phenoxy) is 1. The maximum Gasteiger partial charge on any atom is 0.0644 e. The van der Waals surface area contributed by atoms with Crippen molar-refractivity contribution >= 4 is 0 Å². The minimum atomic E-state index is 0.379. The number of nitrogens with zero attached hydrogens (tertiary/aromatic N) is 2. The molecule has 16 heavy (non-hydrogen) atoms. The van der Waals surface area contributed by atoms with E-state index in [1.807, 2.05) is 18.8 Å². The quantitative estimate of drug-likeness (QED) is 0.749. The highest BCUT2D eigenvalue weighted by molar-refractivity contribution is 5.28. The van der Waals surface area contributed by atoms with Gasteiger partial charge in [-0.1, -0.05) is 0 Å². The number of methoxy groups -OCH3 is 1. The van der Waals surface area contributed by atoms with Gasteiger partial charge in [0.2, 0.25) is 0 Å². The van der Waals surface area contributed by atoms with Crippen molar-refractivity contribution in [2.45, 2.75) is 32.7 Å². The summed E-state index contributed by atoms with van der Waals surface area (Å²) in [7, 11) is 5.74. The van der Waals surface area contributed by atoms with E-state index in [4.69, 9.17) is 4.74 Å². The molecule has 1 atom stereocenters. The van der Waals surface area contributed by atoms with E-state index in [9.17, 15) is 0 Å². The Hall–Kier alpha value is -0.870. The Kier molecular flexibility index (Phi) is 4.96. The maximum atomic E-state index is 5.09. The summed E-state index contributed by atoms with van der Waals surface area (Å²) in [6, 6.07) is 0.379. The van der Waals surface area contributed by atoms with E-state index < -0.39 is 0 Å². The van der Waals surface area contributed by atoms with Gasteiger partial charge < -0.3 is 10.1 Å². The lowest BCUT2D eigenvalue weighted by Crippen LogP contribution is -2.18. The van der Waals surface area contributed by atoms with Gasteiger partial charge in [-0.15, -0.1) is 0 Å². The van der Waals surface area contributed by atoms with Gasteiger partial charge in [0.25, 0.3) is 0 Å². The molecule has 1 unspecified atom stereocenters. The molecule has 0 spiro atoms. The van der Waals surface area contributed by atoms with Gasteiger partial charge in [0.05, 0.1) is 5.69 Å². The molecular formula is C12H23N3O. The van der Waals surface area contributed by atoms with E-state index in [1.165, 1.54) is 11.3 Å². The van der Waals surface area contributed by atoms with Crippen LogP contribution in [0.5, 0.6) is 0 Å². The predicted octanol–water partition coefficient (Wildman–Crippen LogP) is 1.72. The molecule has 0 radical (unpaired) electrons. The second-order valence-corrected chi connectivity index (χ2v) is 4.18. The fourth-order valence-corrected chi connectivity index (χ4v) is 2.16. The Balaban J connectivity index is 2.78. The van der Waals surface area contributed by atoms with E-state index in [1.54, 1.807) is 7.11 Å². The smallest absolute Gasteiger partial charge is 0.0644 e. The van der Waals surface area contributed by atoms with Crippen LogP contribution in [0.1, 0.15) is 35.8 Å². The van der Waals surface area contributed by atoms with E-state index in [-0.39, 0.29) is 0 Å². The van der Waals surface area contributed by atoms with Crippen molar-refractivity contribution in [3.05, 3.63) is 17.0 Å². The minimum Gasteiger partial charge on any atom is -0.385 e. The first kappa shape index (κ1) is 13.2. The lowest BCUT2D eigenvalue weighted by atomic mass is 10.0. The largest absolute Gasteiger partial charge is 0.385 e. The van der Waals surface area contributed by atoms with Crippen LogP contribution in [-0.2, 0) is 11.8 Å². The van der Waals surface area contributed by atoms with Gasteiger partial charge in [-0.2, -0.15) is 5.10 Å². The van der Waals surface area contributed by atoms with Crippen molar-refractivity contribution in [1.29, 1.82) is 0 Å². The Morgan fingerprint density at radius 1 is 1.44 bits per heavy atom. The summed E-state index contributed by atoms with van der Waals surface area (Å²) >= 11 is 0. The van der Waals surface area contributed by atoms with Crippen molar-refractivity contribution in [3.8, 4) is 0 Å². The van der Waals surface area contributed by atoms with Crippen LogP contribution >= 0.6 is 0 Å². The predicted molar refractivity (Wildman–Crippen MR) is 65.6 cm³/mol. The molecule has 0 aliphatic rings. The molecule has 1 rings (SSSR count). The second kappa shape index (κ2) is 6.01. The summed E-state index contributed by atoms with van der Waals surface area (Å²) in [5.41, 5.74) is 3.70. The number of aryl methyl sites for hydroxylation is 2. The highest BCUT2D eigenvalue weighted by Crippen LogP contribution is 2.24. The standard InChI is InChI=1S/C12H23N3O/c1-9-12(10(2)15(4)14-9)11(13-3)7-6-8-16-5/h11,13H,6-8H2,1-5H3. The van der Waals surface area contributed by atoms with Gasteiger partial charge in [0.1, 0.15) is 0 Å². The van der Waals surface area contributed by atoms with Gasteiger partial charge >= 0.3 is 0 Å². The van der Waals surface area contributed by atoms with Gasteiger partial charge in [-0.3, -0.25) is 4.68 Å². The second-order valence-electron chi connectivity index (χ2n) is 4.18. The van der Waals surface area contributed by atoms with Gasteiger partial charge in [0, 0.05) is 38.1 Å². The van der Waals surface area contributed by atoms with Crippen molar-refractivity contribution in [3.63, 3.8) is 0 Å². The van der Waals surface area contributed by atoms with Crippen molar-refractivity contribution in [2.75, 3.05) is 20.8 Å².